The van der Waals surface area contributed by atoms with Crippen LogP contribution in [0.25, 0.3) is 10.9 Å². The Bertz CT molecular complexity index is 1120. The minimum absolute atomic E-state index is 0.0117. The number of anilines is 1. The molecule has 2 aromatic carbocycles. The number of para-hydroxylation sites is 1. The standard InChI is InChI=1S/C22H18BrN3O2/c23-15-5-6-17-18(10-15)22(7-8-22)13-26(21(17)28)12-20(27)25-16-9-14-3-1-2-4-19(14)24-11-16/h1-6,9-11H,7-8,12-13H2,(H,25,27). The van der Waals surface area contributed by atoms with Crippen molar-refractivity contribution in [2.75, 3.05) is 18.4 Å². The van der Waals surface area contributed by atoms with E-state index in [1.54, 1.807) is 11.1 Å². The van der Waals surface area contributed by atoms with Crippen molar-refractivity contribution in [3.8, 4) is 0 Å². The predicted octanol–water partition coefficient (Wildman–Crippen LogP) is 4.12. The molecule has 1 aliphatic carbocycles. The summed E-state index contributed by atoms with van der Waals surface area (Å²) >= 11 is 3.50. The molecule has 0 bridgehead atoms. The van der Waals surface area contributed by atoms with E-state index in [0.717, 1.165) is 33.8 Å². The fourth-order valence-corrected chi connectivity index (χ4v) is 4.41. The zero-order valence-electron chi connectivity index (χ0n) is 15.1. The van der Waals surface area contributed by atoms with Crippen molar-refractivity contribution in [2.45, 2.75) is 18.3 Å². The Balaban J connectivity index is 1.35. The lowest BCUT2D eigenvalue weighted by Crippen LogP contribution is -2.46. The molecule has 6 heteroatoms. The first-order valence-corrected chi connectivity index (χ1v) is 10.1. The molecule has 5 rings (SSSR count). The summed E-state index contributed by atoms with van der Waals surface area (Å²) in [5.74, 6) is -0.284. The van der Waals surface area contributed by atoms with E-state index in [1.807, 2.05) is 42.5 Å². The summed E-state index contributed by atoms with van der Waals surface area (Å²) in [6.07, 6.45) is 3.75. The molecule has 28 heavy (non-hydrogen) atoms. The first-order chi connectivity index (χ1) is 13.5. The molecule has 0 radical (unpaired) electrons. The zero-order valence-corrected chi connectivity index (χ0v) is 16.7. The molecule has 0 atom stereocenters. The van der Waals surface area contributed by atoms with Crippen LogP contribution in [0, 0.1) is 0 Å². The van der Waals surface area contributed by atoms with Crippen molar-refractivity contribution in [3.05, 3.63) is 70.3 Å². The highest BCUT2D eigenvalue weighted by molar-refractivity contribution is 9.10. The van der Waals surface area contributed by atoms with E-state index in [4.69, 9.17) is 0 Å². The average molecular weight is 436 g/mol. The molecule has 1 saturated carbocycles. The molecule has 0 saturated heterocycles. The topological polar surface area (TPSA) is 62.3 Å². The van der Waals surface area contributed by atoms with Crippen LogP contribution < -0.4 is 5.32 Å². The average Bonchev–Trinajstić information content (AvgIpc) is 3.46. The highest BCUT2D eigenvalue weighted by Crippen LogP contribution is 2.52. The van der Waals surface area contributed by atoms with Gasteiger partial charge in [-0.3, -0.25) is 14.6 Å². The van der Waals surface area contributed by atoms with E-state index in [1.165, 1.54) is 0 Å². The van der Waals surface area contributed by atoms with E-state index in [9.17, 15) is 9.59 Å². The Morgan fingerprint density at radius 3 is 2.82 bits per heavy atom. The van der Waals surface area contributed by atoms with E-state index >= 15 is 0 Å². The number of carbonyl (C=O) groups excluding carboxylic acids is 2. The highest BCUT2D eigenvalue weighted by Gasteiger charge is 2.51. The number of aromatic nitrogens is 1. The number of halogens is 1. The number of fused-ring (bicyclic) bond motifs is 3. The van der Waals surface area contributed by atoms with Crippen LogP contribution in [0.15, 0.2) is 59.2 Å². The lowest BCUT2D eigenvalue weighted by Gasteiger charge is -2.34. The van der Waals surface area contributed by atoms with Crippen molar-refractivity contribution < 1.29 is 9.59 Å². The second kappa shape index (κ2) is 6.41. The first kappa shape index (κ1) is 17.4. The van der Waals surface area contributed by atoms with Crippen LogP contribution in [-0.4, -0.2) is 34.8 Å². The molecule has 2 aliphatic rings. The van der Waals surface area contributed by atoms with E-state index < -0.39 is 0 Å². The van der Waals surface area contributed by atoms with Crippen molar-refractivity contribution in [1.29, 1.82) is 0 Å². The molecule has 1 aliphatic heterocycles. The Labute approximate surface area is 170 Å². The molecule has 140 valence electrons. The van der Waals surface area contributed by atoms with Gasteiger partial charge in [-0.1, -0.05) is 34.1 Å². The second-order valence-corrected chi connectivity index (χ2v) is 8.51. The SMILES string of the molecule is O=C(CN1CC2(CC2)c2cc(Br)ccc2C1=O)Nc1cnc2ccccc2c1. The van der Waals surface area contributed by atoms with Crippen LogP contribution in [0.4, 0.5) is 5.69 Å². The minimum atomic E-state index is -0.207. The third-order valence-electron chi connectivity index (χ3n) is 5.63. The molecule has 2 heterocycles. The molecule has 5 nitrogen and oxygen atoms in total. The van der Waals surface area contributed by atoms with Gasteiger partial charge < -0.3 is 10.2 Å². The van der Waals surface area contributed by atoms with Crippen molar-refractivity contribution >= 4 is 44.3 Å². The summed E-state index contributed by atoms with van der Waals surface area (Å²) in [4.78, 5) is 31.6. The van der Waals surface area contributed by atoms with Crippen molar-refractivity contribution in [2.24, 2.45) is 0 Å². The third kappa shape index (κ3) is 2.98. The molecule has 3 aromatic rings. The van der Waals surface area contributed by atoms with E-state index in [0.29, 0.717) is 17.8 Å². The van der Waals surface area contributed by atoms with Gasteiger partial charge in [-0.25, -0.2) is 0 Å². The summed E-state index contributed by atoms with van der Waals surface area (Å²) in [7, 11) is 0. The van der Waals surface area contributed by atoms with Gasteiger partial charge in [-0.2, -0.15) is 0 Å². The summed E-state index contributed by atoms with van der Waals surface area (Å²) < 4.78 is 0.986. The smallest absolute Gasteiger partial charge is 0.254 e. The number of hydrogen-bond donors (Lipinski definition) is 1. The van der Waals surface area contributed by atoms with Crippen LogP contribution in [-0.2, 0) is 10.2 Å². The van der Waals surface area contributed by atoms with Gasteiger partial charge in [-0.05, 0) is 48.7 Å². The first-order valence-electron chi connectivity index (χ1n) is 9.28. The Hall–Kier alpha value is -2.73. The number of amides is 2. The van der Waals surface area contributed by atoms with Crippen molar-refractivity contribution in [1.82, 2.24) is 9.88 Å². The minimum Gasteiger partial charge on any atom is -0.328 e. The predicted molar refractivity (Wildman–Crippen MR) is 111 cm³/mol. The number of rotatable bonds is 3. The van der Waals surface area contributed by atoms with E-state index in [2.05, 4.69) is 32.3 Å². The Morgan fingerprint density at radius 1 is 1.18 bits per heavy atom. The molecule has 1 N–H and O–H groups in total. The third-order valence-corrected chi connectivity index (χ3v) is 6.12. The summed E-state index contributed by atoms with van der Waals surface area (Å²) in [6, 6.07) is 15.4. The molecular formula is C22H18BrN3O2. The number of carbonyl (C=O) groups is 2. The lowest BCUT2D eigenvalue weighted by atomic mass is 9.86. The fourth-order valence-electron chi connectivity index (χ4n) is 4.05. The molecule has 1 fully saturated rings. The molecular weight excluding hydrogens is 418 g/mol. The quantitative estimate of drug-likeness (QED) is 0.672. The van der Waals surface area contributed by atoms with Crippen LogP contribution in [0.2, 0.25) is 0 Å². The Morgan fingerprint density at radius 2 is 2.00 bits per heavy atom. The lowest BCUT2D eigenvalue weighted by molar-refractivity contribution is -0.117. The highest BCUT2D eigenvalue weighted by atomic mass is 79.9. The maximum absolute atomic E-state index is 12.9. The zero-order chi connectivity index (χ0) is 19.3. The number of benzene rings is 2. The van der Waals surface area contributed by atoms with Gasteiger partial charge in [0.2, 0.25) is 5.91 Å². The van der Waals surface area contributed by atoms with Gasteiger partial charge in [0.25, 0.3) is 5.91 Å². The number of hydrogen-bond acceptors (Lipinski definition) is 3. The number of nitrogens with zero attached hydrogens (tertiary/aromatic N) is 2. The normalized spacial score (nSPS) is 16.9. The van der Waals surface area contributed by atoms with Crippen LogP contribution in [0.1, 0.15) is 28.8 Å². The Kier molecular flexibility index (Phi) is 3.98. The second-order valence-electron chi connectivity index (χ2n) is 7.60. The van der Waals surface area contributed by atoms with Gasteiger partial charge in [0.1, 0.15) is 6.54 Å². The van der Waals surface area contributed by atoms with Crippen LogP contribution >= 0.6 is 15.9 Å². The van der Waals surface area contributed by atoms with Crippen LogP contribution in [0.5, 0.6) is 0 Å². The fraction of sp³-hybridized carbons (Fsp3) is 0.227. The number of nitrogens with one attached hydrogen (secondary N) is 1. The number of pyridine rings is 1. The molecule has 1 spiro atoms. The van der Waals surface area contributed by atoms with E-state index in [-0.39, 0.29) is 23.8 Å². The maximum Gasteiger partial charge on any atom is 0.254 e. The van der Waals surface area contributed by atoms with Crippen LogP contribution in [0.3, 0.4) is 0 Å². The van der Waals surface area contributed by atoms with Gasteiger partial charge in [0, 0.05) is 27.4 Å². The van der Waals surface area contributed by atoms with Gasteiger partial charge >= 0.3 is 0 Å². The monoisotopic (exact) mass is 435 g/mol. The summed E-state index contributed by atoms with van der Waals surface area (Å²) in [5, 5.41) is 3.84. The van der Waals surface area contributed by atoms with Gasteiger partial charge in [0.05, 0.1) is 17.4 Å². The maximum atomic E-state index is 12.9. The van der Waals surface area contributed by atoms with Gasteiger partial charge in [0.15, 0.2) is 0 Å². The summed E-state index contributed by atoms with van der Waals surface area (Å²) in [6.45, 7) is 0.640. The molecule has 0 unspecified atom stereocenters. The van der Waals surface area contributed by atoms with Crippen molar-refractivity contribution in [3.63, 3.8) is 0 Å². The largest absolute Gasteiger partial charge is 0.328 e. The molecule has 2 amide bonds. The molecule has 1 aromatic heterocycles. The van der Waals surface area contributed by atoms with Gasteiger partial charge in [-0.15, -0.1) is 0 Å². The summed E-state index contributed by atoms with van der Waals surface area (Å²) in [5.41, 5.74) is 3.36.